The number of hydrogen-bond donors (Lipinski definition) is 1. The van der Waals surface area contributed by atoms with Crippen LogP contribution < -0.4 is 10.5 Å². The molecule has 0 saturated carbocycles. The molecule has 1 atom stereocenters. The summed E-state index contributed by atoms with van der Waals surface area (Å²) in [5.74, 6) is 0.266. The Bertz CT molecular complexity index is 388. The normalized spacial score (nSPS) is 19.8. The van der Waals surface area contributed by atoms with Crippen molar-refractivity contribution >= 4 is 28.3 Å². The first-order chi connectivity index (χ1) is 8.63. The molecular weight excluding hydrogens is 335 g/mol. The average molecular weight is 354 g/mol. The monoisotopic (exact) mass is 352 g/mol. The molecule has 1 aromatic carbocycles. The zero-order valence-electron chi connectivity index (χ0n) is 10.6. The molecule has 1 fully saturated rings. The minimum Gasteiger partial charge on any atom is -0.492 e. The van der Waals surface area contributed by atoms with E-state index in [4.69, 9.17) is 10.5 Å². The van der Waals surface area contributed by atoms with Gasteiger partial charge in [-0.25, -0.2) is 4.39 Å². The van der Waals surface area contributed by atoms with E-state index in [1.807, 2.05) is 0 Å². The highest BCUT2D eigenvalue weighted by atomic mass is 79.9. The van der Waals surface area contributed by atoms with Crippen LogP contribution in [0.3, 0.4) is 0 Å². The second-order valence-corrected chi connectivity index (χ2v) is 5.57. The molecule has 0 bridgehead atoms. The summed E-state index contributed by atoms with van der Waals surface area (Å²) >= 11 is 3.24. The maximum absolute atomic E-state index is 13.1. The highest BCUT2D eigenvalue weighted by Gasteiger charge is 2.16. The molecule has 2 N–H and O–H groups in total. The molecule has 0 amide bonds. The first-order valence-corrected chi connectivity index (χ1v) is 6.99. The van der Waals surface area contributed by atoms with Crippen molar-refractivity contribution < 1.29 is 9.13 Å². The van der Waals surface area contributed by atoms with Crippen LogP contribution in [0.2, 0.25) is 0 Å². The van der Waals surface area contributed by atoms with Crippen molar-refractivity contribution in [1.82, 2.24) is 4.90 Å². The molecular formula is C13H19BrClFN2O. The van der Waals surface area contributed by atoms with E-state index < -0.39 is 0 Å². The third-order valence-electron chi connectivity index (χ3n) is 3.05. The summed E-state index contributed by atoms with van der Waals surface area (Å²) in [5, 5.41) is 0. The van der Waals surface area contributed by atoms with E-state index in [2.05, 4.69) is 20.8 Å². The summed E-state index contributed by atoms with van der Waals surface area (Å²) in [4.78, 5) is 2.29. The van der Waals surface area contributed by atoms with Gasteiger partial charge in [0, 0.05) is 29.7 Å². The molecule has 0 aromatic heterocycles. The molecule has 108 valence electrons. The maximum atomic E-state index is 13.1. The Kier molecular flexibility index (Phi) is 7.07. The fraction of sp³-hybridized carbons (Fsp3) is 0.538. The lowest BCUT2D eigenvalue weighted by molar-refractivity contribution is 0.171. The van der Waals surface area contributed by atoms with Crippen LogP contribution in [0, 0.1) is 5.82 Å². The molecule has 1 saturated heterocycles. The van der Waals surface area contributed by atoms with Gasteiger partial charge in [-0.1, -0.05) is 15.9 Å². The van der Waals surface area contributed by atoms with E-state index >= 15 is 0 Å². The topological polar surface area (TPSA) is 38.5 Å². The van der Waals surface area contributed by atoms with Crippen molar-refractivity contribution in [3.05, 3.63) is 28.5 Å². The number of hydrogen-bond acceptors (Lipinski definition) is 3. The van der Waals surface area contributed by atoms with Crippen molar-refractivity contribution in [2.75, 3.05) is 26.2 Å². The predicted octanol–water partition coefficient (Wildman–Crippen LogP) is 2.81. The molecule has 1 aliphatic heterocycles. The van der Waals surface area contributed by atoms with Gasteiger partial charge in [0.25, 0.3) is 0 Å². The van der Waals surface area contributed by atoms with Gasteiger partial charge in [-0.05, 0) is 31.5 Å². The number of rotatable bonds is 4. The summed E-state index contributed by atoms with van der Waals surface area (Å²) in [6.45, 7) is 3.39. The maximum Gasteiger partial charge on any atom is 0.128 e. The Morgan fingerprint density at radius 1 is 1.42 bits per heavy atom. The van der Waals surface area contributed by atoms with Crippen LogP contribution in [-0.2, 0) is 0 Å². The van der Waals surface area contributed by atoms with Crippen LogP contribution in [0.25, 0.3) is 0 Å². The van der Waals surface area contributed by atoms with Crippen molar-refractivity contribution in [1.29, 1.82) is 0 Å². The van der Waals surface area contributed by atoms with Gasteiger partial charge in [0.2, 0.25) is 0 Å². The number of ether oxygens (including phenoxy) is 1. The summed E-state index contributed by atoms with van der Waals surface area (Å²) in [6.07, 6.45) is 2.25. The SMILES string of the molecule is Cl.N[C@@H]1CCCN(CCOc2cc(F)cc(Br)c2)C1. The zero-order chi connectivity index (χ0) is 13.0. The van der Waals surface area contributed by atoms with Gasteiger partial charge < -0.3 is 10.5 Å². The summed E-state index contributed by atoms with van der Waals surface area (Å²) in [5.41, 5.74) is 5.91. The molecule has 2 rings (SSSR count). The highest BCUT2D eigenvalue weighted by Crippen LogP contribution is 2.20. The fourth-order valence-corrected chi connectivity index (χ4v) is 2.64. The second-order valence-electron chi connectivity index (χ2n) is 4.66. The number of nitrogens with two attached hydrogens (primary N) is 1. The van der Waals surface area contributed by atoms with Gasteiger partial charge in [0.15, 0.2) is 0 Å². The minimum atomic E-state index is -0.292. The molecule has 0 unspecified atom stereocenters. The highest BCUT2D eigenvalue weighted by molar-refractivity contribution is 9.10. The Balaban J connectivity index is 0.00000180. The average Bonchev–Trinajstić information content (AvgIpc) is 2.27. The van der Waals surface area contributed by atoms with Crippen molar-refractivity contribution in [3.63, 3.8) is 0 Å². The number of likely N-dealkylation sites (tertiary alicyclic amines) is 1. The number of halogens is 3. The van der Waals surface area contributed by atoms with Crippen LogP contribution in [0.5, 0.6) is 5.75 Å². The van der Waals surface area contributed by atoms with Crippen LogP contribution in [0.15, 0.2) is 22.7 Å². The lowest BCUT2D eigenvalue weighted by Crippen LogP contribution is -2.44. The summed E-state index contributed by atoms with van der Waals surface area (Å²) < 4.78 is 19.4. The molecule has 1 aromatic rings. The van der Waals surface area contributed by atoms with Gasteiger partial charge in [-0.2, -0.15) is 0 Å². The van der Waals surface area contributed by atoms with Crippen LogP contribution in [0.1, 0.15) is 12.8 Å². The van der Waals surface area contributed by atoms with Crippen LogP contribution in [-0.4, -0.2) is 37.2 Å². The van der Waals surface area contributed by atoms with E-state index in [-0.39, 0.29) is 24.3 Å². The van der Waals surface area contributed by atoms with Gasteiger partial charge in [0.05, 0.1) is 0 Å². The molecule has 1 heterocycles. The smallest absolute Gasteiger partial charge is 0.128 e. The standard InChI is InChI=1S/C13H18BrFN2O.ClH/c14-10-6-11(15)8-13(7-10)18-5-4-17-3-1-2-12(16)9-17;/h6-8,12H,1-5,9,16H2;1H/t12-;/m1./s1. The first kappa shape index (κ1) is 16.7. The summed E-state index contributed by atoms with van der Waals surface area (Å²) in [7, 11) is 0. The van der Waals surface area contributed by atoms with Gasteiger partial charge in [-0.15, -0.1) is 12.4 Å². The molecule has 19 heavy (non-hydrogen) atoms. The van der Waals surface area contributed by atoms with Crippen molar-refractivity contribution in [2.45, 2.75) is 18.9 Å². The van der Waals surface area contributed by atoms with Crippen molar-refractivity contribution in [3.8, 4) is 5.75 Å². The zero-order valence-corrected chi connectivity index (χ0v) is 13.1. The second kappa shape index (κ2) is 8.04. The van der Waals surface area contributed by atoms with Crippen molar-refractivity contribution in [2.24, 2.45) is 5.73 Å². The first-order valence-electron chi connectivity index (χ1n) is 6.20. The van der Waals surface area contributed by atoms with E-state index in [1.165, 1.54) is 12.1 Å². The predicted molar refractivity (Wildman–Crippen MR) is 80.5 cm³/mol. The van der Waals surface area contributed by atoms with E-state index in [0.29, 0.717) is 16.8 Å². The van der Waals surface area contributed by atoms with E-state index in [0.717, 1.165) is 32.5 Å². The number of benzene rings is 1. The minimum absolute atomic E-state index is 0. The largest absolute Gasteiger partial charge is 0.492 e. The Morgan fingerprint density at radius 3 is 2.89 bits per heavy atom. The molecule has 0 spiro atoms. The van der Waals surface area contributed by atoms with Crippen LogP contribution in [0.4, 0.5) is 4.39 Å². The lowest BCUT2D eigenvalue weighted by Gasteiger charge is -2.30. The Morgan fingerprint density at radius 2 is 2.21 bits per heavy atom. The Labute approximate surface area is 127 Å². The Hall–Kier alpha value is -0.360. The fourth-order valence-electron chi connectivity index (χ4n) is 2.20. The molecule has 1 aliphatic rings. The number of nitrogens with zero attached hydrogens (tertiary/aromatic N) is 1. The van der Waals surface area contributed by atoms with Gasteiger partial charge in [-0.3, -0.25) is 4.90 Å². The third kappa shape index (κ3) is 5.65. The molecule has 0 radical (unpaired) electrons. The lowest BCUT2D eigenvalue weighted by atomic mass is 10.1. The third-order valence-corrected chi connectivity index (χ3v) is 3.51. The van der Waals surface area contributed by atoms with Crippen LogP contribution >= 0.6 is 28.3 Å². The quantitative estimate of drug-likeness (QED) is 0.904. The van der Waals surface area contributed by atoms with E-state index in [1.54, 1.807) is 6.07 Å². The van der Waals surface area contributed by atoms with Gasteiger partial charge >= 0.3 is 0 Å². The van der Waals surface area contributed by atoms with Gasteiger partial charge in [0.1, 0.15) is 18.2 Å². The summed E-state index contributed by atoms with van der Waals surface area (Å²) in [6, 6.07) is 4.86. The molecule has 0 aliphatic carbocycles. The van der Waals surface area contributed by atoms with E-state index in [9.17, 15) is 4.39 Å². The molecule has 3 nitrogen and oxygen atoms in total. The molecule has 6 heteroatoms. The number of piperidine rings is 1.